The molecule has 1 atom stereocenters. The Balaban J connectivity index is 1.46. The lowest BCUT2D eigenvalue weighted by Crippen LogP contribution is -2.27. The zero-order valence-electron chi connectivity index (χ0n) is 22.1. The molecule has 8 nitrogen and oxygen atoms in total. The van der Waals surface area contributed by atoms with Crippen molar-refractivity contribution in [2.45, 2.75) is 64.2 Å². The van der Waals surface area contributed by atoms with E-state index in [0.29, 0.717) is 28.3 Å². The van der Waals surface area contributed by atoms with Crippen LogP contribution >= 0.6 is 22.7 Å². The Morgan fingerprint density at radius 1 is 1.20 bits per heavy atom. The summed E-state index contributed by atoms with van der Waals surface area (Å²) in [5.41, 5.74) is 5.33. The van der Waals surface area contributed by atoms with Gasteiger partial charge in [0.05, 0.1) is 21.9 Å². The van der Waals surface area contributed by atoms with Crippen LogP contribution in [0.2, 0.25) is 0 Å². The van der Waals surface area contributed by atoms with Crippen molar-refractivity contribution < 1.29 is 31.2 Å². The van der Waals surface area contributed by atoms with E-state index in [-0.39, 0.29) is 29.5 Å². The van der Waals surface area contributed by atoms with Crippen LogP contribution in [0.1, 0.15) is 66.5 Å². The molecule has 0 saturated heterocycles. The van der Waals surface area contributed by atoms with Gasteiger partial charge in [-0.3, -0.25) is 9.59 Å². The maximum absolute atomic E-state index is 13.4. The number of aromatic nitrogens is 2. The summed E-state index contributed by atoms with van der Waals surface area (Å²) in [6, 6.07) is 3.84. The number of primary amides is 1. The molecular weight excluding hydrogens is 586 g/mol. The van der Waals surface area contributed by atoms with E-state index < -0.39 is 44.4 Å². The first kappa shape index (κ1) is 30.1. The van der Waals surface area contributed by atoms with Gasteiger partial charge in [0.1, 0.15) is 10.7 Å². The molecular formula is C26H29F3N4O4S3. The number of amides is 2. The van der Waals surface area contributed by atoms with Crippen molar-refractivity contribution in [1.29, 1.82) is 0 Å². The SMILES string of the molecule is CC(C)(C)C1CCc2c(sc(NC(=O)CCCS(=O)(=O)c3nc(-c4cccs4)cc(C(F)(F)F)n3)c2C(N)=O)C1. The standard InChI is InChI=1S/C26H29F3N4O4S3/c1-25(2,3)14-8-9-15-18(12-14)39-23(21(15)22(30)35)33-20(34)7-5-11-40(36,37)24-31-16(17-6-4-10-38-17)13-19(32-24)26(27,28)29/h4,6,10,13-14H,5,7-9,11-12H2,1-3H3,(H2,30,35)(H,33,34). The number of alkyl halides is 3. The first-order chi connectivity index (χ1) is 18.6. The van der Waals surface area contributed by atoms with Gasteiger partial charge in [0, 0.05) is 11.3 Å². The number of sulfone groups is 1. The first-order valence-corrected chi connectivity index (χ1v) is 15.9. The zero-order chi connectivity index (χ0) is 29.5. The van der Waals surface area contributed by atoms with Gasteiger partial charge in [0.15, 0.2) is 0 Å². The number of hydrogen-bond donors (Lipinski definition) is 2. The Morgan fingerprint density at radius 3 is 2.52 bits per heavy atom. The van der Waals surface area contributed by atoms with Gasteiger partial charge in [-0.1, -0.05) is 26.8 Å². The van der Waals surface area contributed by atoms with Crippen molar-refractivity contribution in [3.63, 3.8) is 0 Å². The molecule has 0 aromatic carbocycles. The van der Waals surface area contributed by atoms with Crippen LogP contribution in [0, 0.1) is 11.3 Å². The molecule has 3 N–H and O–H groups in total. The van der Waals surface area contributed by atoms with Crippen molar-refractivity contribution in [1.82, 2.24) is 9.97 Å². The van der Waals surface area contributed by atoms with E-state index in [1.54, 1.807) is 11.4 Å². The number of nitrogens with two attached hydrogens (primary N) is 1. The molecule has 1 aliphatic carbocycles. The maximum Gasteiger partial charge on any atom is 0.433 e. The van der Waals surface area contributed by atoms with Crippen molar-refractivity contribution in [2.24, 2.45) is 17.1 Å². The minimum Gasteiger partial charge on any atom is -0.365 e. The highest BCUT2D eigenvalue weighted by Gasteiger charge is 2.36. The minimum absolute atomic E-state index is 0.0807. The molecule has 0 aliphatic heterocycles. The lowest BCUT2D eigenvalue weighted by atomic mass is 9.72. The average Bonchev–Trinajstić information content (AvgIpc) is 3.50. The Bertz CT molecular complexity index is 1530. The van der Waals surface area contributed by atoms with Crippen molar-refractivity contribution in [3.05, 3.63) is 45.3 Å². The Morgan fingerprint density at radius 2 is 1.93 bits per heavy atom. The Hall–Kier alpha value is -2.84. The number of carbonyl (C=O) groups excluding carboxylic acids is 2. The van der Waals surface area contributed by atoms with Crippen LogP contribution < -0.4 is 11.1 Å². The predicted octanol–water partition coefficient (Wildman–Crippen LogP) is 5.73. The molecule has 0 fully saturated rings. The molecule has 2 amide bonds. The molecule has 1 aliphatic rings. The third kappa shape index (κ3) is 6.72. The van der Waals surface area contributed by atoms with Crippen molar-refractivity contribution in [3.8, 4) is 10.6 Å². The summed E-state index contributed by atoms with van der Waals surface area (Å²) >= 11 is 2.42. The number of carbonyl (C=O) groups is 2. The first-order valence-electron chi connectivity index (χ1n) is 12.5. The highest BCUT2D eigenvalue weighted by atomic mass is 32.2. The van der Waals surface area contributed by atoms with Gasteiger partial charge < -0.3 is 11.1 Å². The number of thiophene rings is 2. The summed E-state index contributed by atoms with van der Waals surface area (Å²) < 4.78 is 66.1. The van der Waals surface area contributed by atoms with E-state index in [1.165, 1.54) is 17.4 Å². The summed E-state index contributed by atoms with van der Waals surface area (Å²) in [6.45, 7) is 6.49. The monoisotopic (exact) mass is 614 g/mol. The molecule has 3 aromatic rings. The highest BCUT2D eigenvalue weighted by molar-refractivity contribution is 7.91. The molecule has 1 unspecified atom stereocenters. The smallest absolute Gasteiger partial charge is 0.365 e. The minimum atomic E-state index is -4.87. The van der Waals surface area contributed by atoms with E-state index in [9.17, 15) is 31.2 Å². The van der Waals surface area contributed by atoms with Crippen LogP contribution in [-0.4, -0.2) is 36.0 Å². The third-order valence-corrected chi connectivity index (χ3v) is 10.5. The number of rotatable bonds is 8. The van der Waals surface area contributed by atoms with E-state index >= 15 is 0 Å². The van der Waals surface area contributed by atoms with Crippen LogP contribution in [0.4, 0.5) is 18.2 Å². The van der Waals surface area contributed by atoms with Gasteiger partial charge in [-0.15, -0.1) is 22.7 Å². The molecule has 0 bridgehead atoms. The number of hydrogen-bond acceptors (Lipinski definition) is 8. The van der Waals surface area contributed by atoms with Crippen LogP contribution in [0.25, 0.3) is 10.6 Å². The Kier molecular flexibility index (Phi) is 8.44. The molecule has 4 rings (SSSR count). The lowest BCUT2D eigenvalue weighted by molar-refractivity contribution is -0.141. The van der Waals surface area contributed by atoms with Gasteiger partial charge in [0.2, 0.25) is 20.9 Å². The van der Waals surface area contributed by atoms with Crippen LogP contribution in [0.5, 0.6) is 0 Å². The normalized spacial score (nSPS) is 16.0. The summed E-state index contributed by atoms with van der Waals surface area (Å²) in [4.78, 5) is 33.5. The quantitative estimate of drug-likeness (QED) is 0.312. The van der Waals surface area contributed by atoms with E-state index in [2.05, 4.69) is 36.1 Å². The van der Waals surface area contributed by atoms with Gasteiger partial charge in [-0.05, 0) is 60.1 Å². The van der Waals surface area contributed by atoms with E-state index in [0.717, 1.165) is 34.6 Å². The molecule has 3 heterocycles. The predicted molar refractivity (Wildman–Crippen MR) is 148 cm³/mol. The highest BCUT2D eigenvalue weighted by Crippen LogP contribution is 2.44. The second-order valence-electron chi connectivity index (χ2n) is 10.7. The zero-order valence-corrected chi connectivity index (χ0v) is 24.5. The number of fused-ring (bicyclic) bond motifs is 1. The number of nitrogens with zero attached hydrogens (tertiary/aromatic N) is 2. The van der Waals surface area contributed by atoms with Crippen LogP contribution in [0.15, 0.2) is 28.7 Å². The van der Waals surface area contributed by atoms with E-state index in [4.69, 9.17) is 5.73 Å². The lowest BCUT2D eigenvalue weighted by Gasteiger charge is -2.33. The third-order valence-electron chi connectivity index (χ3n) is 6.85. The van der Waals surface area contributed by atoms with Crippen molar-refractivity contribution in [2.75, 3.05) is 11.1 Å². The average molecular weight is 615 g/mol. The maximum atomic E-state index is 13.4. The number of anilines is 1. The second-order valence-corrected chi connectivity index (χ2v) is 14.8. The van der Waals surface area contributed by atoms with Gasteiger partial charge >= 0.3 is 6.18 Å². The van der Waals surface area contributed by atoms with Crippen LogP contribution in [0.3, 0.4) is 0 Å². The second kappa shape index (κ2) is 11.2. The molecule has 3 aromatic heterocycles. The molecule has 0 saturated carbocycles. The number of nitrogens with one attached hydrogen (secondary N) is 1. The number of halogens is 3. The summed E-state index contributed by atoms with van der Waals surface area (Å²) in [6.07, 6.45) is -2.98. The van der Waals surface area contributed by atoms with E-state index in [1.807, 2.05) is 0 Å². The fourth-order valence-corrected chi connectivity index (χ4v) is 7.85. The summed E-state index contributed by atoms with van der Waals surface area (Å²) in [7, 11) is -4.34. The Labute approximate surface area is 238 Å². The summed E-state index contributed by atoms with van der Waals surface area (Å²) in [5.74, 6) is -1.41. The summed E-state index contributed by atoms with van der Waals surface area (Å²) in [5, 5.41) is 3.72. The van der Waals surface area contributed by atoms with Crippen LogP contribution in [-0.2, 0) is 33.6 Å². The molecule has 216 valence electrons. The molecule has 0 spiro atoms. The van der Waals surface area contributed by atoms with Gasteiger partial charge in [-0.25, -0.2) is 18.4 Å². The largest absolute Gasteiger partial charge is 0.433 e. The fraction of sp³-hybridized carbons (Fsp3) is 0.462. The molecule has 0 radical (unpaired) electrons. The topological polar surface area (TPSA) is 132 Å². The van der Waals surface area contributed by atoms with Gasteiger partial charge in [-0.2, -0.15) is 13.2 Å². The molecule has 14 heteroatoms. The van der Waals surface area contributed by atoms with Crippen molar-refractivity contribution >= 4 is 49.3 Å². The fourth-order valence-electron chi connectivity index (χ4n) is 4.64. The van der Waals surface area contributed by atoms with Gasteiger partial charge in [0.25, 0.3) is 5.91 Å². The molecule has 40 heavy (non-hydrogen) atoms.